The van der Waals surface area contributed by atoms with Crippen LogP contribution in [0.15, 0.2) is 22.0 Å². The van der Waals surface area contributed by atoms with Crippen molar-refractivity contribution in [3.05, 3.63) is 27.5 Å². The van der Waals surface area contributed by atoms with Gasteiger partial charge in [0.25, 0.3) is 0 Å². The van der Waals surface area contributed by atoms with Gasteiger partial charge in [0.05, 0.1) is 4.47 Å². The minimum absolute atomic E-state index is 0.387. The molecule has 0 aliphatic heterocycles. The van der Waals surface area contributed by atoms with Gasteiger partial charge in [0.1, 0.15) is 5.75 Å². The Bertz CT molecular complexity index is 447. The first-order valence-corrected chi connectivity index (χ1v) is 5.79. The molecule has 0 saturated heterocycles. The summed E-state index contributed by atoms with van der Waals surface area (Å²) in [5.74, 6) is 0.387. The molecule has 2 aromatic rings. The van der Waals surface area contributed by atoms with Crippen LogP contribution in [0.1, 0.15) is 12.5 Å². The molecule has 13 heavy (non-hydrogen) atoms. The number of hydrogen-bond donors (Lipinski definition) is 1. The summed E-state index contributed by atoms with van der Waals surface area (Å²) in [5.41, 5.74) is 1.04. The second-order valence-electron chi connectivity index (χ2n) is 2.88. The molecule has 0 unspecified atom stereocenters. The maximum absolute atomic E-state index is 9.77. The van der Waals surface area contributed by atoms with E-state index >= 15 is 0 Å². The zero-order valence-electron chi connectivity index (χ0n) is 7.17. The molecule has 0 aliphatic carbocycles. The van der Waals surface area contributed by atoms with E-state index in [0.717, 1.165) is 16.5 Å². The second kappa shape index (κ2) is 3.31. The maximum atomic E-state index is 9.77. The van der Waals surface area contributed by atoms with E-state index < -0.39 is 0 Å². The molecule has 1 heterocycles. The average molecular weight is 257 g/mol. The number of aryl methyl sites for hydroxylation is 1. The van der Waals surface area contributed by atoms with Gasteiger partial charge in [-0.05, 0) is 45.2 Å². The van der Waals surface area contributed by atoms with Gasteiger partial charge < -0.3 is 5.11 Å². The van der Waals surface area contributed by atoms with E-state index in [-0.39, 0.29) is 0 Å². The van der Waals surface area contributed by atoms with Crippen LogP contribution in [0.4, 0.5) is 0 Å². The van der Waals surface area contributed by atoms with Crippen LogP contribution >= 0.6 is 27.3 Å². The lowest BCUT2D eigenvalue weighted by molar-refractivity contribution is 0.467. The van der Waals surface area contributed by atoms with Crippen molar-refractivity contribution in [1.29, 1.82) is 0 Å². The van der Waals surface area contributed by atoms with Crippen LogP contribution in [-0.2, 0) is 6.42 Å². The number of hydrogen-bond acceptors (Lipinski definition) is 2. The Labute approximate surface area is 89.1 Å². The van der Waals surface area contributed by atoms with Crippen molar-refractivity contribution in [3.8, 4) is 5.75 Å². The lowest BCUT2D eigenvalue weighted by Gasteiger charge is -2.05. The van der Waals surface area contributed by atoms with Gasteiger partial charge in [-0.15, -0.1) is 11.3 Å². The highest BCUT2D eigenvalue weighted by Gasteiger charge is 2.09. The van der Waals surface area contributed by atoms with E-state index in [0.29, 0.717) is 5.75 Å². The lowest BCUT2D eigenvalue weighted by atomic mass is 10.1. The summed E-state index contributed by atoms with van der Waals surface area (Å²) in [6.45, 7) is 2.06. The molecule has 0 fully saturated rings. The maximum Gasteiger partial charge on any atom is 0.134 e. The predicted molar refractivity (Wildman–Crippen MR) is 60.6 cm³/mol. The second-order valence-corrected chi connectivity index (χ2v) is 4.65. The van der Waals surface area contributed by atoms with Gasteiger partial charge in [0.2, 0.25) is 0 Å². The van der Waals surface area contributed by atoms with Crippen molar-refractivity contribution in [3.63, 3.8) is 0 Å². The number of rotatable bonds is 1. The number of thiophene rings is 1. The minimum atomic E-state index is 0.387. The van der Waals surface area contributed by atoms with Gasteiger partial charge >= 0.3 is 0 Å². The number of fused-ring (bicyclic) bond motifs is 1. The Hall–Kier alpha value is -0.540. The summed E-state index contributed by atoms with van der Waals surface area (Å²) in [7, 11) is 0. The predicted octanol–water partition coefficient (Wildman–Crippen LogP) is 3.93. The number of phenols is 1. The first kappa shape index (κ1) is 9.03. The lowest BCUT2D eigenvalue weighted by Crippen LogP contribution is -1.82. The molecular weight excluding hydrogens is 248 g/mol. The van der Waals surface area contributed by atoms with E-state index in [1.54, 1.807) is 11.3 Å². The van der Waals surface area contributed by atoms with Crippen LogP contribution in [-0.4, -0.2) is 5.11 Å². The van der Waals surface area contributed by atoms with Gasteiger partial charge in [-0.25, -0.2) is 0 Å². The average Bonchev–Trinajstić information content (AvgIpc) is 2.54. The Balaban J connectivity index is 2.87. The van der Waals surface area contributed by atoms with Gasteiger partial charge in [0, 0.05) is 10.3 Å². The topological polar surface area (TPSA) is 20.2 Å². The molecule has 0 spiro atoms. The summed E-state index contributed by atoms with van der Waals surface area (Å²) in [5, 5.41) is 13.0. The molecule has 0 atom stereocenters. The first-order chi connectivity index (χ1) is 6.24. The number of benzene rings is 1. The van der Waals surface area contributed by atoms with Crippen molar-refractivity contribution in [2.45, 2.75) is 13.3 Å². The van der Waals surface area contributed by atoms with Gasteiger partial charge in [-0.2, -0.15) is 0 Å². The van der Waals surface area contributed by atoms with Crippen molar-refractivity contribution in [1.82, 2.24) is 0 Å². The normalized spacial score (nSPS) is 10.9. The van der Waals surface area contributed by atoms with Crippen molar-refractivity contribution < 1.29 is 5.11 Å². The molecule has 0 radical (unpaired) electrons. The van der Waals surface area contributed by atoms with Crippen molar-refractivity contribution in [2.24, 2.45) is 0 Å². The minimum Gasteiger partial charge on any atom is -0.506 e. The van der Waals surface area contributed by atoms with E-state index in [9.17, 15) is 5.11 Å². The van der Waals surface area contributed by atoms with Gasteiger partial charge in [0.15, 0.2) is 0 Å². The fourth-order valence-corrected chi connectivity index (χ4v) is 2.95. The smallest absolute Gasteiger partial charge is 0.134 e. The fraction of sp³-hybridized carbons (Fsp3) is 0.200. The number of halogens is 1. The zero-order chi connectivity index (χ0) is 9.42. The molecule has 1 nitrogen and oxygen atoms in total. The van der Waals surface area contributed by atoms with Crippen LogP contribution in [0.5, 0.6) is 5.75 Å². The summed E-state index contributed by atoms with van der Waals surface area (Å²) in [4.78, 5) is 0. The third kappa shape index (κ3) is 1.36. The van der Waals surface area contributed by atoms with Crippen LogP contribution in [0, 0.1) is 0 Å². The Kier molecular flexibility index (Phi) is 2.30. The van der Waals surface area contributed by atoms with Crippen LogP contribution in [0.3, 0.4) is 0 Å². The molecule has 68 valence electrons. The van der Waals surface area contributed by atoms with Crippen LogP contribution in [0.25, 0.3) is 10.1 Å². The van der Waals surface area contributed by atoms with E-state index in [1.165, 1.54) is 10.1 Å². The van der Waals surface area contributed by atoms with E-state index in [4.69, 9.17) is 0 Å². The fourth-order valence-electron chi connectivity index (χ4n) is 1.46. The van der Waals surface area contributed by atoms with E-state index in [1.807, 2.05) is 6.07 Å². The van der Waals surface area contributed by atoms with Crippen molar-refractivity contribution in [2.75, 3.05) is 0 Å². The molecule has 1 aromatic carbocycles. The Morgan fingerprint density at radius 3 is 3.00 bits per heavy atom. The highest BCUT2D eigenvalue weighted by molar-refractivity contribution is 9.10. The number of phenolic OH excluding ortho intramolecular Hbond substituents is 1. The molecular formula is C10H9BrOS. The third-order valence-corrected chi connectivity index (χ3v) is 3.71. The highest BCUT2D eigenvalue weighted by atomic mass is 79.9. The summed E-state index contributed by atoms with van der Waals surface area (Å²) in [6.07, 6.45) is 0.863. The molecule has 2 rings (SSSR count). The monoisotopic (exact) mass is 256 g/mol. The molecule has 1 aromatic heterocycles. The van der Waals surface area contributed by atoms with Crippen molar-refractivity contribution >= 4 is 37.4 Å². The van der Waals surface area contributed by atoms with E-state index in [2.05, 4.69) is 34.3 Å². The van der Waals surface area contributed by atoms with Gasteiger partial charge in [-0.3, -0.25) is 0 Å². The quantitative estimate of drug-likeness (QED) is 0.820. The van der Waals surface area contributed by atoms with Crippen LogP contribution < -0.4 is 0 Å². The van der Waals surface area contributed by atoms with Crippen LogP contribution in [0.2, 0.25) is 0 Å². The number of aromatic hydroxyl groups is 1. The molecule has 0 amide bonds. The largest absolute Gasteiger partial charge is 0.506 e. The van der Waals surface area contributed by atoms with Gasteiger partial charge in [-0.1, -0.05) is 6.92 Å². The standard InChI is InChI=1S/C10H9BrOS/c1-2-7-9(12)8(11)5-6-3-4-13-10(6)7/h3-5,12H,2H2,1H3. The molecule has 0 bridgehead atoms. The first-order valence-electron chi connectivity index (χ1n) is 4.11. The highest BCUT2D eigenvalue weighted by Crippen LogP contribution is 2.37. The Morgan fingerprint density at radius 2 is 2.31 bits per heavy atom. The third-order valence-electron chi connectivity index (χ3n) is 2.12. The molecule has 1 N–H and O–H groups in total. The summed E-state index contributed by atoms with van der Waals surface area (Å²) in [6, 6.07) is 4.03. The summed E-state index contributed by atoms with van der Waals surface area (Å²) < 4.78 is 1.98. The molecule has 0 aliphatic rings. The Morgan fingerprint density at radius 1 is 1.54 bits per heavy atom. The molecule has 0 saturated carbocycles. The SMILES string of the molecule is CCc1c(O)c(Br)cc2ccsc12. The summed E-state index contributed by atoms with van der Waals surface area (Å²) >= 11 is 5.03. The zero-order valence-corrected chi connectivity index (χ0v) is 9.58. The molecule has 3 heteroatoms.